The second-order valence-electron chi connectivity index (χ2n) is 6.47. The fourth-order valence-corrected chi connectivity index (χ4v) is 3.08. The van der Waals surface area contributed by atoms with E-state index in [0.29, 0.717) is 13.2 Å². The smallest absolute Gasteiger partial charge is 0.195 e. The molecule has 2 aromatic rings. The van der Waals surface area contributed by atoms with Crippen LogP contribution in [0.4, 0.5) is 0 Å². The van der Waals surface area contributed by atoms with Gasteiger partial charge in [-0.15, -0.1) is 0 Å². The normalized spacial score (nSPS) is 16.7. The minimum absolute atomic E-state index is 0.562. The molecule has 122 valence electrons. The van der Waals surface area contributed by atoms with Gasteiger partial charge in [-0.2, -0.15) is 0 Å². The van der Waals surface area contributed by atoms with Gasteiger partial charge in [0.15, 0.2) is 18.2 Å². The Hall–Kier alpha value is -1.71. The van der Waals surface area contributed by atoms with Crippen molar-refractivity contribution in [1.29, 1.82) is 0 Å². The average Bonchev–Trinajstić information content (AvgIpc) is 3.01. The van der Waals surface area contributed by atoms with Gasteiger partial charge in [0.2, 0.25) is 0 Å². The van der Waals surface area contributed by atoms with E-state index in [-0.39, 0.29) is 0 Å². The zero-order chi connectivity index (χ0) is 16.3. The van der Waals surface area contributed by atoms with Crippen LogP contribution in [-0.4, -0.2) is 13.2 Å². The zero-order valence-corrected chi connectivity index (χ0v) is 14.3. The molecule has 1 aliphatic rings. The molecule has 1 aliphatic heterocycles. The Kier molecular flexibility index (Phi) is 4.79. The lowest BCUT2D eigenvalue weighted by molar-refractivity contribution is -0.698. The molecule has 1 saturated heterocycles. The summed E-state index contributed by atoms with van der Waals surface area (Å²) in [7, 11) is 0. The second kappa shape index (κ2) is 6.81. The van der Waals surface area contributed by atoms with E-state index in [4.69, 9.17) is 9.47 Å². The number of nitrogens with zero attached hydrogens (tertiary/aromatic N) is 1. The van der Waals surface area contributed by atoms with E-state index in [0.717, 1.165) is 24.9 Å². The Morgan fingerprint density at radius 1 is 0.957 bits per heavy atom. The molecule has 3 nitrogen and oxygen atoms in total. The number of rotatable bonds is 5. The molecule has 0 radical (unpaired) electrons. The molecule has 0 N–H and O–H groups in total. The third kappa shape index (κ3) is 3.62. The highest BCUT2D eigenvalue weighted by atomic mass is 16.7. The highest BCUT2D eigenvalue weighted by Gasteiger charge is 2.38. The molecule has 3 heteroatoms. The van der Waals surface area contributed by atoms with E-state index in [1.54, 1.807) is 0 Å². The molecule has 3 rings (SSSR count). The van der Waals surface area contributed by atoms with Crippen LogP contribution in [0.15, 0.2) is 42.7 Å². The van der Waals surface area contributed by atoms with Gasteiger partial charge < -0.3 is 9.47 Å². The number of pyridine rings is 1. The van der Waals surface area contributed by atoms with E-state index in [1.807, 2.05) is 0 Å². The van der Waals surface area contributed by atoms with E-state index < -0.39 is 5.79 Å². The van der Waals surface area contributed by atoms with Crippen LogP contribution in [-0.2, 0) is 21.8 Å². The zero-order valence-electron chi connectivity index (χ0n) is 14.3. The first kappa shape index (κ1) is 16.2. The van der Waals surface area contributed by atoms with E-state index in [1.165, 1.54) is 16.7 Å². The fraction of sp³-hybridized carbons (Fsp3) is 0.450. The van der Waals surface area contributed by atoms with Crippen molar-refractivity contribution in [3.63, 3.8) is 0 Å². The van der Waals surface area contributed by atoms with Crippen molar-refractivity contribution < 1.29 is 14.0 Å². The van der Waals surface area contributed by atoms with Crippen molar-refractivity contribution in [3.8, 4) is 0 Å². The molecule has 0 atom stereocenters. The summed E-state index contributed by atoms with van der Waals surface area (Å²) >= 11 is 0. The molecule has 0 amide bonds. The Morgan fingerprint density at radius 2 is 1.65 bits per heavy atom. The molecular weight excluding hydrogens is 286 g/mol. The van der Waals surface area contributed by atoms with Crippen LogP contribution >= 0.6 is 0 Å². The van der Waals surface area contributed by atoms with Crippen molar-refractivity contribution in [2.24, 2.45) is 0 Å². The summed E-state index contributed by atoms with van der Waals surface area (Å²) in [4.78, 5) is 0. The van der Waals surface area contributed by atoms with Gasteiger partial charge >= 0.3 is 0 Å². The van der Waals surface area contributed by atoms with Crippen LogP contribution in [0.2, 0.25) is 0 Å². The van der Waals surface area contributed by atoms with Gasteiger partial charge in [-0.05, 0) is 26.3 Å². The molecule has 0 spiro atoms. The lowest BCUT2D eigenvalue weighted by Crippen LogP contribution is -2.35. The Labute approximate surface area is 138 Å². The monoisotopic (exact) mass is 312 g/mol. The van der Waals surface area contributed by atoms with E-state index in [9.17, 15) is 0 Å². The maximum absolute atomic E-state index is 6.02. The molecule has 1 aromatic carbocycles. The number of ether oxygens (including phenoxy) is 2. The van der Waals surface area contributed by atoms with Crippen molar-refractivity contribution in [2.75, 3.05) is 13.2 Å². The van der Waals surface area contributed by atoms with Crippen LogP contribution in [0.3, 0.4) is 0 Å². The van der Waals surface area contributed by atoms with Crippen molar-refractivity contribution in [3.05, 3.63) is 65.0 Å². The molecule has 0 aliphatic carbocycles. The van der Waals surface area contributed by atoms with Gasteiger partial charge in [0.05, 0.1) is 13.2 Å². The van der Waals surface area contributed by atoms with Gasteiger partial charge in [0, 0.05) is 30.0 Å². The predicted octanol–water partition coefficient (Wildman–Crippen LogP) is 3.58. The van der Waals surface area contributed by atoms with Crippen LogP contribution in [0, 0.1) is 20.8 Å². The van der Waals surface area contributed by atoms with E-state index >= 15 is 0 Å². The topological polar surface area (TPSA) is 22.3 Å². The lowest BCUT2D eigenvalue weighted by atomic mass is 9.99. The van der Waals surface area contributed by atoms with Gasteiger partial charge in [0.25, 0.3) is 0 Å². The number of aromatic nitrogens is 1. The average molecular weight is 312 g/mol. The molecule has 2 heterocycles. The summed E-state index contributed by atoms with van der Waals surface area (Å²) in [5.41, 5.74) is 5.05. The Balaban J connectivity index is 1.68. The van der Waals surface area contributed by atoms with Gasteiger partial charge in [0.1, 0.15) is 6.54 Å². The molecule has 0 saturated carbocycles. The van der Waals surface area contributed by atoms with Crippen molar-refractivity contribution >= 4 is 0 Å². The summed E-state index contributed by atoms with van der Waals surface area (Å²) < 4.78 is 14.3. The van der Waals surface area contributed by atoms with E-state index in [2.05, 4.69) is 68.1 Å². The predicted molar refractivity (Wildman–Crippen MR) is 90.1 cm³/mol. The van der Waals surface area contributed by atoms with Crippen LogP contribution < -0.4 is 4.57 Å². The Bertz CT molecular complexity index is 658. The summed E-state index contributed by atoms with van der Waals surface area (Å²) in [6.07, 6.45) is 6.25. The number of aryl methyl sites for hydroxylation is 4. The minimum atomic E-state index is -0.562. The number of hydrogen-bond acceptors (Lipinski definition) is 2. The summed E-state index contributed by atoms with van der Waals surface area (Å²) in [6.45, 7) is 8.72. The first-order chi connectivity index (χ1) is 11.1. The first-order valence-electron chi connectivity index (χ1n) is 8.40. The minimum Gasteiger partial charge on any atom is -0.343 e. The summed E-state index contributed by atoms with van der Waals surface area (Å²) in [5, 5.41) is 0. The molecule has 1 fully saturated rings. The molecule has 1 aromatic heterocycles. The summed E-state index contributed by atoms with van der Waals surface area (Å²) in [5.74, 6) is -0.562. The third-order valence-electron chi connectivity index (χ3n) is 4.66. The van der Waals surface area contributed by atoms with Gasteiger partial charge in [-0.1, -0.05) is 29.8 Å². The maximum atomic E-state index is 6.02. The highest BCUT2D eigenvalue weighted by molar-refractivity contribution is 5.25. The largest absolute Gasteiger partial charge is 0.343 e. The number of benzene rings is 1. The third-order valence-corrected chi connectivity index (χ3v) is 4.66. The first-order valence-corrected chi connectivity index (χ1v) is 8.40. The van der Waals surface area contributed by atoms with Gasteiger partial charge in [-0.25, -0.2) is 4.57 Å². The maximum Gasteiger partial charge on any atom is 0.195 e. The molecule has 0 bridgehead atoms. The standard InChI is InChI=1S/C20H26NO2/c1-16-5-7-19(8-6-16)20(22-13-14-23-20)10-4-11-21-12-9-17(2)18(3)15-21/h5-9,12,15H,4,10-11,13-14H2,1-3H3/q+1. The highest BCUT2D eigenvalue weighted by Crippen LogP contribution is 2.36. The molecule has 0 unspecified atom stereocenters. The Morgan fingerprint density at radius 3 is 2.30 bits per heavy atom. The van der Waals surface area contributed by atoms with Crippen molar-refractivity contribution in [2.45, 2.75) is 45.9 Å². The summed E-state index contributed by atoms with van der Waals surface area (Å²) in [6, 6.07) is 10.7. The van der Waals surface area contributed by atoms with Crippen LogP contribution in [0.25, 0.3) is 0 Å². The fourth-order valence-electron chi connectivity index (χ4n) is 3.08. The lowest BCUT2D eigenvalue weighted by Gasteiger charge is -2.27. The number of hydrogen-bond donors (Lipinski definition) is 0. The van der Waals surface area contributed by atoms with Gasteiger partial charge in [-0.3, -0.25) is 0 Å². The molecular formula is C20H26NO2+. The van der Waals surface area contributed by atoms with Crippen molar-refractivity contribution in [1.82, 2.24) is 0 Å². The van der Waals surface area contributed by atoms with Crippen LogP contribution in [0.5, 0.6) is 0 Å². The SMILES string of the molecule is Cc1ccc(C2(CCC[n+]3ccc(C)c(C)c3)OCCO2)cc1. The molecule has 23 heavy (non-hydrogen) atoms. The quantitative estimate of drug-likeness (QED) is 0.787. The van der Waals surface area contributed by atoms with Crippen LogP contribution in [0.1, 0.15) is 35.1 Å². The second-order valence-corrected chi connectivity index (χ2v) is 6.47.